The fourth-order valence-corrected chi connectivity index (χ4v) is 5.13. The van der Waals surface area contributed by atoms with Gasteiger partial charge in [0, 0.05) is 6.42 Å². The maximum absolute atomic E-state index is 13.5. The number of aromatic nitrogens is 2. The number of benzene rings is 3. The fraction of sp³-hybridized carbons (Fsp3) is 0.154. The molecule has 0 saturated heterocycles. The van der Waals surface area contributed by atoms with Crippen molar-refractivity contribution in [2.24, 2.45) is 0 Å². The molecular formula is C26H24N2O4S. The molecule has 1 aromatic heterocycles. The summed E-state index contributed by atoms with van der Waals surface area (Å²) in [6, 6.07) is 26.9. The zero-order valence-electron chi connectivity index (χ0n) is 18.2. The van der Waals surface area contributed by atoms with Gasteiger partial charge in [-0.1, -0.05) is 66.7 Å². The number of hydrogen-bond acceptors (Lipinski definition) is 5. The highest BCUT2D eigenvalue weighted by Crippen LogP contribution is 2.34. The first-order valence-corrected chi connectivity index (χ1v) is 12.1. The Morgan fingerprint density at radius 1 is 0.879 bits per heavy atom. The van der Waals surface area contributed by atoms with Crippen molar-refractivity contribution in [3.8, 4) is 11.6 Å². The van der Waals surface area contributed by atoms with Crippen molar-refractivity contribution in [1.82, 2.24) is 9.78 Å². The summed E-state index contributed by atoms with van der Waals surface area (Å²) in [5.74, 6) is -0.597. The Morgan fingerprint density at radius 3 is 2.09 bits per heavy atom. The first kappa shape index (κ1) is 22.5. The molecule has 0 amide bonds. The van der Waals surface area contributed by atoms with Gasteiger partial charge >= 0.3 is 5.97 Å². The van der Waals surface area contributed by atoms with Crippen LogP contribution >= 0.6 is 0 Å². The molecule has 0 radical (unpaired) electrons. The van der Waals surface area contributed by atoms with Gasteiger partial charge in [0.2, 0.25) is 15.7 Å². The van der Waals surface area contributed by atoms with Crippen LogP contribution in [0.4, 0.5) is 0 Å². The van der Waals surface area contributed by atoms with Gasteiger partial charge in [-0.15, -0.1) is 0 Å². The Morgan fingerprint density at radius 2 is 1.45 bits per heavy atom. The van der Waals surface area contributed by atoms with Gasteiger partial charge in [-0.05, 0) is 49.6 Å². The van der Waals surface area contributed by atoms with Gasteiger partial charge in [0.05, 0.1) is 16.3 Å². The van der Waals surface area contributed by atoms with Crippen LogP contribution in [-0.4, -0.2) is 24.2 Å². The molecule has 1 heterocycles. The first-order valence-electron chi connectivity index (χ1n) is 10.7. The predicted molar refractivity (Wildman–Crippen MR) is 125 cm³/mol. The molecule has 0 aliphatic carbocycles. The van der Waals surface area contributed by atoms with E-state index in [2.05, 4.69) is 5.10 Å². The van der Waals surface area contributed by atoms with Gasteiger partial charge in [0.1, 0.15) is 0 Å². The van der Waals surface area contributed by atoms with Gasteiger partial charge in [-0.3, -0.25) is 4.79 Å². The summed E-state index contributed by atoms with van der Waals surface area (Å²) in [5, 5.41) is 4.41. The SMILES string of the molecule is Cc1nn(-c2ccccc2)c(OC(=O)CCCc2ccccc2)c1S(=O)(=O)c1ccccc1. The maximum atomic E-state index is 13.5. The summed E-state index contributed by atoms with van der Waals surface area (Å²) < 4.78 is 34.0. The van der Waals surface area contributed by atoms with Gasteiger partial charge in [0.25, 0.3) is 0 Å². The van der Waals surface area contributed by atoms with Crippen LogP contribution in [0.2, 0.25) is 0 Å². The molecule has 33 heavy (non-hydrogen) atoms. The van der Waals surface area contributed by atoms with Crippen LogP contribution in [0.25, 0.3) is 5.69 Å². The minimum Gasteiger partial charge on any atom is -0.406 e. The lowest BCUT2D eigenvalue weighted by Gasteiger charge is -2.11. The Balaban J connectivity index is 1.67. The van der Waals surface area contributed by atoms with E-state index in [0.717, 1.165) is 12.0 Å². The summed E-state index contributed by atoms with van der Waals surface area (Å²) in [6.07, 6.45) is 1.46. The Kier molecular flexibility index (Phi) is 6.70. The molecule has 3 aromatic carbocycles. The molecule has 0 unspecified atom stereocenters. The normalized spacial score (nSPS) is 11.3. The van der Waals surface area contributed by atoms with Crippen molar-refractivity contribution >= 4 is 15.8 Å². The fourth-order valence-electron chi connectivity index (χ4n) is 3.59. The number of para-hydroxylation sites is 1. The summed E-state index contributed by atoms with van der Waals surface area (Å²) in [4.78, 5) is 12.8. The van der Waals surface area contributed by atoms with E-state index < -0.39 is 15.8 Å². The third-order valence-electron chi connectivity index (χ3n) is 5.19. The highest BCUT2D eigenvalue weighted by molar-refractivity contribution is 7.91. The van der Waals surface area contributed by atoms with Crippen molar-refractivity contribution in [1.29, 1.82) is 0 Å². The maximum Gasteiger partial charge on any atom is 0.312 e. The lowest BCUT2D eigenvalue weighted by molar-refractivity contribution is -0.135. The Labute approximate surface area is 193 Å². The van der Waals surface area contributed by atoms with Crippen LogP contribution in [0.1, 0.15) is 24.1 Å². The minimum atomic E-state index is -3.96. The number of sulfone groups is 1. The average Bonchev–Trinajstić information content (AvgIpc) is 3.17. The van der Waals surface area contributed by atoms with Crippen LogP contribution < -0.4 is 4.74 Å². The quantitative estimate of drug-likeness (QED) is 0.348. The number of hydrogen-bond donors (Lipinski definition) is 0. The standard InChI is InChI=1S/C26H24N2O4S/c1-20-25(33(30,31)23-17-9-4-10-18-23)26(28(27-20)22-15-7-3-8-16-22)32-24(29)19-11-14-21-12-5-2-6-13-21/h2-10,12-13,15-18H,11,14,19H2,1H3. The molecule has 0 atom stereocenters. The highest BCUT2D eigenvalue weighted by atomic mass is 32.2. The van der Waals surface area contributed by atoms with Gasteiger partial charge in [-0.2, -0.15) is 9.78 Å². The number of ether oxygens (including phenoxy) is 1. The minimum absolute atomic E-state index is 0.0905. The molecule has 7 heteroatoms. The largest absolute Gasteiger partial charge is 0.406 e. The van der Waals surface area contributed by atoms with E-state index in [-0.39, 0.29) is 27.8 Å². The van der Waals surface area contributed by atoms with Crippen molar-refractivity contribution in [3.63, 3.8) is 0 Å². The second kappa shape index (κ2) is 9.83. The number of carbonyl (C=O) groups excluding carboxylic acids is 1. The van der Waals surface area contributed by atoms with E-state index in [1.54, 1.807) is 37.3 Å². The molecule has 0 bridgehead atoms. The summed E-state index contributed by atoms with van der Waals surface area (Å²) in [5.41, 5.74) is 1.99. The van der Waals surface area contributed by atoms with Crippen LogP contribution in [0.15, 0.2) is 101 Å². The van der Waals surface area contributed by atoms with Gasteiger partial charge < -0.3 is 4.74 Å². The van der Waals surface area contributed by atoms with Crippen molar-refractivity contribution in [2.45, 2.75) is 36.0 Å². The molecule has 0 N–H and O–H groups in total. The number of carbonyl (C=O) groups is 1. The Bertz CT molecular complexity index is 1330. The molecule has 0 fully saturated rings. The summed E-state index contributed by atoms with van der Waals surface area (Å²) in [7, 11) is -3.96. The zero-order valence-corrected chi connectivity index (χ0v) is 19.0. The van der Waals surface area contributed by atoms with Crippen molar-refractivity contribution in [2.75, 3.05) is 0 Å². The second-order valence-corrected chi connectivity index (χ2v) is 9.48. The third-order valence-corrected chi connectivity index (χ3v) is 7.09. The second-order valence-electron chi connectivity index (χ2n) is 7.60. The number of aryl methyl sites for hydroxylation is 2. The predicted octanol–water partition coefficient (Wildman–Crippen LogP) is 4.94. The van der Waals surface area contributed by atoms with Crippen molar-refractivity contribution in [3.05, 3.63) is 102 Å². The van der Waals surface area contributed by atoms with Crippen LogP contribution in [0, 0.1) is 6.92 Å². The van der Waals surface area contributed by atoms with Crippen LogP contribution in [-0.2, 0) is 21.1 Å². The van der Waals surface area contributed by atoms with Gasteiger partial charge in [-0.25, -0.2) is 8.42 Å². The molecule has 6 nitrogen and oxygen atoms in total. The zero-order chi connectivity index (χ0) is 23.3. The van der Waals surface area contributed by atoms with E-state index in [9.17, 15) is 13.2 Å². The monoisotopic (exact) mass is 460 g/mol. The first-order chi connectivity index (χ1) is 16.0. The molecule has 0 aliphatic heterocycles. The number of esters is 1. The smallest absolute Gasteiger partial charge is 0.312 e. The molecular weight excluding hydrogens is 436 g/mol. The molecule has 4 aromatic rings. The van der Waals surface area contributed by atoms with Crippen molar-refractivity contribution < 1.29 is 17.9 Å². The van der Waals surface area contributed by atoms with Crippen LogP contribution in [0.5, 0.6) is 5.88 Å². The summed E-state index contributed by atoms with van der Waals surface area (Å²) in [6.45, 7) is 1.60. The van der Waals surface area contributed by atoms with E-state index in [0.29, 0.717) is 12.1 Å². The number of rotatable bonds is 8. The Hall–Kier alpha value is -3.71. The lowest BCUT2D eigenvalue weighted by atomic mass is 10.1. The van der Waals surface area contributed by atoms with Gasteiger partial charge in [0.15, 0.2) is 4.90 Å². The highest BCUT2D eigenvalue weighted by Gasteiger charge is 2.31. The molecule has 0 saturated carbocycles. The molecule has 4 rings (SSSR count). The lowest BCUT2D eigenvalue weighted by Crippen LogP contribution is -2.14. The van der Waals surface area contributed by atoms with Crippen LogP contribution in [0.3, 0.4) is 0 Å². The molecule has 0 aliphatic rings. The third kappa shape index (κ3) is 5.04. The molecule has 0 spiro atoms. The summed E-state index contributed by atoms with van der Waals surface area (Å²) >= 11 is 0. The topological polar surface area (TPSA) is 78.3 Å². The van der Waals surface area contributed by atoms with E-state index in [4.69, 9.17) is 4.74 Å². The van der Waals surface area contributed by atoms with E-state index in [1.165, 1.54) is 16.8 Å². The van der Waals surface area contributed by atoms with E-state index in [1.807, 2.05) is 48.5 Å². The van der Waals surface area contributed by atoms with E-state index >= 15 is 0 Å². The molecule has 168 valence electrons. The number of nitrogens with zero attached hydrogens (tertiary/aromatic N) is 2. The average molecular weight is 461 g/mol.